The first kappa shape index (κ1) is 24.8. The number of carboxylic acids is 1. The summed E-state index contributed by atoms with van der Waals surface area (Å²) in [4.78, 5) is 57.2. The molecule has 2 amide bonds. The summed E-state index contributed by atoms with van der Waals surface area (Å²) in [6, 6.07) is 5.23. The van der Waals surface area contributed by atoms with E-state index in [0.29, 0.717) is 19.8 Å². The molecule has 1 saturated heterocycles. The van der Waals surface area contributed by atoms with Crippen LogP contribution in [0.5, 0.6) is 0 Å². The van der Waals surface area contributed by atoms with Gasteiger partial charge in [0.25, 0.3) is 11.5 Å². The number of β-lactam (4-membered cyclic amide) rings is 1. The molecule has 5 N–H and O–H groups in total. The van der Waals surface area contributed by atoms with Crippen molar-refractivity contribution in [3.63, 3.8) is 0 Å². The number of carbonyl (C=O) groups is 3. The molecule has 4 rings (SSSR count). The molecule has 15 heteroatoms. The fourth-order valence-electron chi connectivity index (χ4n) is 3.25. The molecule has 2 aliphatic heterocycles. The second-order valence-corrected chi connectivity index (χ2v) is 11.0. The number of aliphatic carboxylic acids is 1. The van der Waals surface area contributed by atoms with Crippen molar-refractivity contribution in [2.75, 3.05) is 17.2 Å². The Kier molecular flexibility index (Phi) is 7.38. The van der Waals surface area contributed by atoms with E-state index in [9.17, 15) is 24.3 Å². The number of fused-ring (bicyclic) bond motifs is 1. The summed E-state index contributed by atoms with van der Waals surface area (Å²) >= 11 is 15.5. The van der Waals surface area contributed by atoms with Crippen molar-refractivity contribution in [3.05, 3.63) is 55.3 Å². The van der Waals surface area contributed by atoms with Crippen LogP contribution in [0.3, 0.4) is 0 Å². The number of hydrogen-bond acceptors (Lipinski definition) is 9. The lowest BCUT2D eigenvalue weighted by Gasteiger charge is -2.49. The Morgan fingerprint density at radius 3 is 2.79 bits per heavy atom. The van der Waals surface area contributed by atoms with Crippen LogP contribution in [0.15, 0.2) is 49.6 Å². The molecule has 0 bridgehead atoms. The van der Waals surface area contributed by atoms with Crippen molar-refractivity contribution in [1.29, 1.82) is 0 Å². The quantitative estimate of drug-likeness (QED) is 0.225. The van der Waals surface area contributed by atoms with E-state index in [1.54, 1.807) is 18.2 Å². The molecular formula is C19H15Cl2N5O5S3. The normalized spacial score (nSPS) is 19.5. The number of nitrogens with one attached hydrogen (secondary N) is 2. The summed E-state index contributed by atoms with van der Waals surface area (Å²) < 4.78 is 0. The Morgan fingerprint density at radius 1 is 1.32 bits per heavy atom. The lowest BCUT2D eigenvalue weighted by atomic mass is 10.1. The first-order valence-electron chi connectivity index (χ1n) is 9.47. The number of halogens is 2. The SMILES string of the molecule is Nc1nc(SC2=C(C(=O)O)N3C(=O)[C@@H](NC(=O)CSc4cc(Cl)ccc4Cl)C3SC2)cc(=O)[nH]1. The maximum absolute atomic E-state index is 12.8. The number of nitrogen functional groups attached to an aromatic ring is 1. The maximum atomic E-state index is 12.8. The Balaban J connectivity index is 1.44. The highest BCUT2D eigenvalue weighted by molar-refractivity contribution is 8.06. The summed E-state index contributed by atoms with van der Waals surface area (Å²) in [7, 11) is 0. The standard InChI is InChI=1S/C19H15Cl2N5O5S3/c20-7-1-2-8(21)9(3-7)32-6-12(28)23-14-16(29)26-15(18(30)31)10(5-33-17(14)26)34-13-4-11(27)24-19(22)25-13/h1-4,14,17H,5-6H2,(H,23,28)(H,30,31)(H3,22,24,25,27)/t14-,17?/m1/s1. The number of amides is 2. The number of hydrogen-bond donors (Lipinski definition) is 4. The van der Waals surface area contributed by atoms with Crippen LogP contribution >= 0.6 is 58.5 Å². The molecule has 34 heavy (non-hydrogen) atoms. The summed E-state index contributed by atoms with van der Waals surface area (Å²) in [5.41, 5.74) is 4.86. The third-order valence-electron chi connectivity index (χ3n) is 4.67. The number of nitrogens with two attached hydrogens (primary N) is 1. The van der Waals surface area contributed by atoms with Crippen LogP contribution in [0.4, 0.5) is 5.95 Å². The topological polar surface area (TPSA) is 158 Å². The van der Waals surface area contributed by atoms with E-state index >= 15 is 0 Å². The van der Waals surface area contributed by atoms with Crippen LogP contribution in [0.1, 0.15) is 0 Å². The molecule has 10 nitrogen and oxygen atoms in total. The molecule has 2 atom stereocenters. The van der Waals surface area contributed by atoms with Crippen LogP contribution in [-0.4, -0.2) is 60.7 Å². The molecule has 0 radical (unpaired) electrons. The van der Waals surface area contributed by atoms with Crippen LogP contribution in [-0.2, 0) is 14.4 Å². The molecule has 2 aromatic rings. The van der Waals surface area contributed by atoms with Gasteiger partial charge in [0.15, 0.2) is 0 Å². The van der Waals surface area contributed by atoms with Crippen molar-refractivity contribution in [3.8, 4) is 0 Å². The van der Waals surface area contributed by atoms with Crippen LogP contribution in [0.25, 0.3) is 0 Å². The number of thioether (sulfide) groups is 3. The predicted octanol–water partition coefficient (Wildman–Crippen LogP) is 2.24. The van der Waals surface area contributed by atoms with Crippen LogP contribution < -0.4 is 16.6 Å². The van der Waals surface area contributed by atoms with Crippen molar-refractivity contribution in [1.82, 2.24) is 20.2 Å². The van der Waals surface area contributed by atoms with Gasteiger partial charge in [0.1, 0.15) is 22.1 Å². The fraction of sp³-hybridized carbons (Fsp3) is 0.211. The highest BCUT2D eigenvalue weighted by Gasteiger charge is 2.54. The van der Waals surface area contributed by atoms with Gasteiger partial charge in [-0.1, -0.05) is 35.0 Å². The monoisotopic (exact) mass is 559 g/mol. The van der Waals surface area contributed by atoms with Crippen molar-refractivity contribution in [2.24, 2.45) is 0 Å². The predicted molar refractivity (Wildman–Crippen MR) is 132 cm³/mol. The number of rotatable bonds is 7. The van der Waals surface area contributed by atoms with Crippen LogP contribution in [0.2, 0.25) is 10.0 Å². The lowest BCUT2D eigenvalue weighted by molar-refractivity contribution is -0.150. The minimum absolute atomic E-state index is 0.000394. The summed E-state index contributed by atoms with van der Waals surface area (Å²) in [6.07, 6.45) is 0. The van der Waals surface area contributed by atoms with Crippen LogP contribution in [0, 0.1) is 0 Å². The zero-order chi connectivity index (χ0) is 24.6. The molecular weight excluding hydrogens is 545 g/mol. The summed E-state index contributed by atoms with van der Waals surface area (Å²) in [5, 5.41) is 13.0. The second-order valence-electron chi connectivity index (χ2n) is 6.97. The maximum Gasteiger partial charge on any atom is 0.353 e. The average molecular weight is 560 g/mol. The molecule has 178 valence electrons. The van der Waals surface area contributed by atoms with E-state index in [1.807, 2.05) is 0 Å². The van der Waals surface area contributed by atoms with Gasteiger partial charge in [-0.05, 0) is 18.2 Å². The highest BCUT2D eigenvalue weighted by Crippen LogP contribution is 2.44. The van der Waals surface area contributed by atoms with E-state index in [0.717, 1.165) is 16.7 Å². The van der Waals surface area contributed by atoms with Crippen molar-refractivity contribution >= 4 is 82.2 Å². The van der Waals surface area contributed by atoms with Gasteiger partial charge in [0, 0.05) is 26.6 Å². The smallest absolute Gasteiger partial charge is 0.353 e. The highest BCUT2D eigenvalue weighted by atomic mass is 35.5. The minimum atomic E-state index is -1.30. The zero-order valence-electron chi connectivity index (χ0n) is 16.9. The lowest BCUT2D eigenvalue weighted by Crippen LogP contribution is -2.70. The van der Waals surface area contributed by atoms with E-state index in [4.69, 9.17) is 28.9 Å². The van der Waals surface area contributed by atoms with Gasteiger partial charge in [-0.15, -0.1) is 23.5 Å². The van der Waals surface area contributed by atoms with Gasteiger partial charge >= 0.3 is 5.97 Å². The van der Waals surface area contributed by atoms with Crippen molar-refractivity contribution < 1.29 is 19.5 Å². The molecule has 1 aromatic carbocycles. The second kappa shape index (κ2) is 10.1. The molecule has 1 unspecified atom stereocenters. The molecule has 0 spiro atoms. The van der Waals surface area contributed by atoms with Gasteiger partial charge in [-0.2, -0.15) is 0 Å². The van der Waals surface area contributed by atoms with Gasteiger partial charge in [0.05, 0.1) is 10.8 Å². The third kappa shape index (κ3) is 5.18. The number of H-pyrrole nitrogens is 1. The Hall–Kier alpha value is -2.32. The van der Waals surface area contributed by atoms with Crippen molar-refractivity contribution in [2.45, 2.75) is 21.3 Å². The molecule has 0 saturated carbocycles. The van der Waals surface area contributed by atoms with E-state index in [2.05, 4.69) is 15.3 Å². The number of aromatic nitrogens is 2. The number of aromatic amines is 1. The van der Waals surface area contributed by atoms with Gasteiger partial charge < -0.3 is 16.2 Å². The number of benzene rings is 1. The number of carbonyl (C=O) groups excluding carboxylic acids is 2. The van der Waals surface area contributed by atoms with E-state index < -0.39 is 34.8 Å². The van der Waals surface area contributed by atoms with Gasteiger partial charge in [-0.25, -0.2) is 9.78 Å². The molecule has 3 heterocycles. The average Bonchev–Trinajstić information content (AvgIpc) is 2.76. The Labute approximate surface area is 215 Å². The molecule has 2 aliphatic rings. The Morgan fingerprint density at radius 2 is 2.09 bits per heavy atom. The van der Waals surface area contributed by atoms with Gasteiger partial charge in [-0.3, -0.25) is 24.3 Å². The van der Waals surface area contributed by atoms with E-state index in [-0.39, 0.29) is 28.2 Å². The van der Waals surface area contributed by atoms with Gasteiger partial charge in [0.2, 0.25) is 11.9 Å². The first-order valence-corrected chi connectivity index (χ1v) is 13.1. The molecule has 0 aliphatic carbocycles. The van der Waals surface area contributed by atoms with E-state index in [1.165, 1.54) is 29.6 Å². The minimum Gasteiger partial charge on any atom is -0.477 e. The molecule has 1 aromatic heterocycles. The summed E-state index contributed by atoms with van der Waals surface area (Å²) in [5.74, 6) is -2.09. The third-order valence-corrected chi connectivity index (χ3v) is 8.87. The first-order chi connectivity index (χ1) is 16.1. The summed E-state index contributed by atoms with van der Waals surface area (Å²) in [6.45, 7) is 0. The molecule has 1 fully saturated rings. The zero-order valence-corrected chi connectivity index (χ0v) is 20.9. The number of anilines is 1. The number of nitrogens with zero attached hydrogens (tertiary/aromatic N) is 2. The Bertz CT molecular complexity index is 1290. The largest absolute Gasteiger partial charge is 0.477 e. The fourth-order valence-corrected chi connectivity index (χ4v) is 7.03. The number of carboxylic acid groups (broad SMARTS) is 1.